The summed E-state index contributed by atoms with van der Waals surface area (Å²) in [5.41, 5.74) is 1.25. The van der Waals surface area contributed by atoms with Crippen molar-refractivity contribution in [3.05, 3.63) is 11.6 Å². The van der Waals surface area contributed by atoms with Gasteiger partial charge in [0, 0.05) is 11.8 Å². The molecule has 4 aliphatic rings. The van der Waals surface area contributed by atoms with E-state index in [2.05, 4.69) is 19.9 Å². The van der Waals surface area contributed by atoms with Crippen LogP contribution in [-0.2, 0) is 19.4 Å². The van der Waals surface area contributed by atoms with Gasteiger partial charge in [-0.05, 0) is 68.1 Å². The summed E-state index contributed by atoms with van der Waals surface area (Å²) in [7, 11) is -4.40. The van der Waals surface area contributed by atoms with Crippen LogP contribution in [0.4, 0.5) is 0 Å². The molecule has 0 saturated heterocycles. The Morgan fingerprint density at radius 1 is 1.12 bits per heavy atom. The maximum absolute atomic E-state index is 12.4. The minimum Gasteiger partial charge on any atom is -0.299 e. The molecule has 140 valence electrons. The number of carbonyl (C=O) groups is 1. The summed E-state index contributed by atoms with van der Waals surface area (Å²) >= 11 is 0. The van der Waals surface area contributed by atoms with Crippen molar-refractivity contribution in [3.8, 4) is 0 Å². The van der Waals surface area contributed by atoms with Gasteiger partial charge in [0.25, 0.3) is 0 Å². The predicted octanol–water partition coefficient (Wildman–Crippen LogP) is 3.71. The molecule has 3 fully saturated rings. The lowest BCUT2D eigenvalue weighted by Crippen LogP contribution is -2.50. The Hall–Kier alpha value is -0.720. The zero-order chi connectivity index (χ0) is 18.0. The van der Waals surface area contributed by atoms with E-state index < -0.39 is 16.5 Å². The van der Waals surface area contributed by atoms with Crippen molar-refractivity contribution in [2.24, 2.45) is 28.6 Å². The monoisotopic (exact) mass is 368 g/mol. The highest BCUT2D eigenvalue weighted by Gasteiger charge is 2.58. The molecule has 0 aliphatic heterocycles. The lowest BCUT2D eigenvalue weighted by atomic mass is 9.48. The first-order chi connectivity index (χ1) is 11.6. The zero-order valence-electron chi connectivity index (χ0n) is 15.0. The summed E-state index contributed by atoms with van der Waals surface area (Å²) in [5.74, 6) is 2.10. The number of carbonyl (C=O) groups excluding carboxylic acids is 1. The molecule has 5 nitrogen and oxygen atoms in total. The van der Waals surface area contributed by atoms with E-state index in [1.807, 2.05) is 0 Å². The molecule has 0 aromatic rings. The van der Waals surface area contributed by atoms with E-state index in [0.29, 0.717) is 36.4 Å². The minimum absolute atomic E-state index is 0.0783. The lowest BCUT2D eigenvalue weighted by Gasteiger charge is -2.56. The van der Waals surface area contributed by atoms with Crippen LogP contribution in [0.5, 0.6) is 0 Å². The molecule has 0 spiro atoms. The van der Waals surface area contributed by atoms with Gasteiger partial charge in [-0.3, -0.25) is 9.35 Å². The highest BCUT2D eigenvalue weighted by Crippen LogP contribution is 2.64. The Bertz CT molecular complexity index is 726. The molecular formula is C19H28O5S. The third-order valence-corrected chi connectivity index (χ3v) is 8.54. The van der Waals surface area contributed by atoms with Gasteiger partial charge in [-0.25, -0.2) is 4.18 Å². The SMILES string of the molecule is C[C@]12CC[C@H](OS(=O)(=O)O)CC1=CCC1C2CC[C@]2(C)C(=O)CCC12. The number of allylic oxidation sites excluding steroid dienone is 1. The fourth-order valence-electron chi connectivity index (χ4n) is 6.65. The van der Waals surface area contributed by atoms with Crippen molar-refractivity contribution >= 4 is 16.2 Å². The Balaban J connectivity index is 1.59. The third-order valence-electron chi connectivity index (χ3n) is 8.03. The summed E-state index contributed by atoms with van der Waals surface area (Å²) in [6.45, 7) is 4.50. The van der Waals surface area contributed by atoms with E-state index in [1.54, 1.807) is 0 Å². The van der Waals surface area contributed by atoms with Gasteiger partial charge < -0.3 is 0 Å². The van der Waals surface area contributed by atoms with Crippen LogP contribution >= 0.6 is 0 Å². The van der Waals surface area contributed by atoms with Crippen LogP contribution in [0.25, 0.3) is 0 Å². The van der Waals surface area contributed by atoms with Gasteiger partial charge in [0.15, 0.2) is 0 Å². The Kier molecular flexibility index (Phi) is 3.99. The van der Waals surface area contributed by atoms with Gasteiger partial charge in [0.05, 0.1) is 6.10 Å². The molecule has 0 aromatic carbocycles. The van der Waals surface area contributed by atoms with Crippen LogP contribution in [0.15, 0.2) is 11.6 Å². The number of rotatable bonds is 2. The van der Waals surface area contributed by atoms with Crippen molar-refractivity contribution in [2.45, 2.75) is 71.3 Å². The molecule has 0 bridgehead atoms. The average Bonchev–Trinajstić information content (AvgIpc) is 2.82. The van der Waals surface area contributed by atoms with E-state index in [9.17, 15) is 13.2 Å². The molecule has 25 heavy (non-hydrogen) atoms. The standard InChI is InChI=1S/C19H28O5S/c1-18-9-7-13(24-25(21,22)23)11-12(18)3-4-14-15-5-6-17(20)19(15,2)10-8-16(14)18/h3,13-16H,4-11H2,1-2H3,(H,21,22,23)/t13-,14?,15?,16?,18-,19-/m0/s1. The van der Waals surface area contributed by atoms with Gasteiger partial charge in [-0.1, -0.05) is 25.5 Å². The van der Waals surface area contributed by atoms with Gasteiger partial charge in [-0.15, -0.1) is 0 Å². The largest absolute Gasteiger partial charge is 0.397 e. The van der Waals surface area contributed by atoms with Crippen LogP contribution in [0.1, 0.15) is 65.2 Å². The first-order valence-electron chi connectivity index (χ1n) is 9.52. The van der Waals surface area contributed by atoms with Gasteiger partial charge in [-0.2, -0.15) is 8.42 Å². The summed E-state index contributed by atoms with van der Waals surface area (Å²) < 4.78 is 35.9. The van der Waals surface area contributed by atoms with E-state index >= 15 is 0 Å². The fourth-order valence-corrected chi connectivity index (χ4v) is 7.16. The Morgan fingerprint density at radius 3 is 2.52 bits per heavy atom. The van der Waals surface area contributed by atoms with Gasteiger partial charge in [0.1, 0.15) is 5.78 Å². The number of hydrogen-bond acceptors (Lipinski definition) is 4. The number of Topliss-reactive ketones (excluding diaryl/α,β-unsaturated/α-hetero) is 1. The number of fused-ring (bicyclic) bond motifs is 5. The zero-order valence-corrected chi connectivity index (χ0v) is 15.8. The fraction of sp³-hybridized carbons (Fsp3) is 0.842. The van der Waals surface area contributed by atoms with Gasteiger partial charge in [0.2, 0.25) is 0 Å². The predicted molar refractivity (Wildman–Crippen MR) is 93.1 cm³/mol. The van der Waals surface area contributed by atoms with E-state index in [-0.39, 0.29) is 10.8 Å². The van der Waals surface area contributed by atoms with Crippen LogP contribution in [0.2, 0.25) is 0 Å². The molecule has 0 aromatic heterocycles. The molecule has 6 atom stereocenters. The van der Waals surface area contributed by atoms with Crippen molar-refractivity contribution in [2.75, 3.05) is 0 Å². The lowest BCUT2D eigenvalue weighted by molar-refractivity contribution is -0.131. The van der Waals surface area contributed by atoms with Crippen molar-refractivity contribution in [3.63, 3.8) is 0 Å². The molecule has 3 saturated carbocycles. The van der Waals surface area contributed by atoms with E-state index in [4.69, 9.17) is 8.74 Å². The molecule has 6 heteroatoms. The second-order valence-electron chi connectivity index (χ2n) is 9.07. The second-order valence-corrected chi connectivity index (χ2v) is 10.1. The number of ketones is 1. The minimum atomic E-state index is -4.40. The van der Waals surface area contributed by atoms with Crippen molar-refractivity contribution in [1.29, 1.82) is 0 Å². The summed E-state index contributed by atoms with van der Waals surface area (Å²) in [4.78, 5) is 12.4. The maximum Gasteiger partial charge on any atom is 0.397 e. The van der Waals surface area contributed by atoms with Crippen LogP contribution in [-0.4, -0.2) is 24.9 Å². The quantitative estimate of drug-likeness (QED) is 0.594. The molecule has 0 amide bonds. The normalized spacial score (nSPS) is 46.8. The summed E-state index contributed by atoms with van der Waals surface area (Å²) in [6.07, 6.45) is 8.79. The van der Waals surface area contributed by atoms with Crippen molar-refractivity contribution in [1.82, 2.24) is 0 Å². The smallest absolute Gasteiger partial charge is 0.299 e. The van der Waals surface area contributed by atoms with Crippen molar-refractivity contribution < 1.29 is 21.9 Å². The third kappa shape index (κ3) is 2.72. The molecular weight excluding hydrogens is 340 g/mol. The Morgan fingerprint density at radius 2 is 1.80 bits per heavy atom. The summed E-state index contributed by atoms with van der Waals surface area (Å²) in [6, 6.07) is 0. The molecule has 1 N–H and O–H groups in total. The van der Waals surface area contributed by atoms with E-state index in [1.165, 1.54) is 5.57 Å². The maximum atomic E-state index is 12.4. The van der Waals surface area contributed by atoms with Crippen LogP contribution in [0.3, 0.4) is 0 Å². The highest BCUT2D eigenvalue weighted by molar-refractivity contribution is 7.80. The second kappa shape index (κ2) is 5.64. The van der Waals surface area contributed by atoms with Crippen LogP contribution in [0, 0.1) is 28.6 Å². The van der Waals surface area contributed by atoms with Gasteiger partial charge >= 0.3 is 10.4 Å². The average molecular weight is 368 g/mol. The molecule has 0 radical (unpaired) electrons. The molecule has 4 aliphatic carbocycles. The first-order valence-corrected chi connectivity index (χ1v) is 10.9. The summed E-state index contributed by atoms with van der Waals surface area (Å²) in [5, 5.41) is 0. The highest BCUT2D eigenvalue weighted by atomic mass is 32.3. The van der Waals surface area contributed by atoms with E-state index in [0.717, 1.165) is 38.5 Å². The van der Waals surface area contributed by atoms with Crippen LogP contribution < -0.4 is 0 Å². The number of hydrogen-bond donors (Lipinski definition) is 1. The molecule has 3 unspecified atom stereocenters. The first kappa shape index (κ1) is 17.7. The molecule has 0 heterocycles. The topological polar surface area (TPSA) is 80.7 Å². The Labute approximate surface area is 150 Å². The molecule has 4 rings (SSSR count).